The summed E-state index contributed by atoms with van der Waals surface area (Å²) in [4.78, 5) is 15.9. The molecule has 0 amide bonds. The van der Waals surface area contributed by atoms with Gasteiger partial charge in [0.2, 0.25) is 15.7 Å². The fraction of sp³-hybridized carbons (Fsp3) is 0.273. The first kappa shape index (κ1) is 23.2. The second-order valence-corrected chi connectivity index (χ2v) is 9.59. The van der Waals surface area contributed by atoms with Crippen molar-refractivity contribution >= 4 is 25.8 Å². The Hall–Kier alpha value is -2.49. The van der Waals surface area contributed by atoms with Crippen molar-refractivity contribution in [3.8, 4) is 5.88 Å². The molecule has 0 saturated heterocycles. The maximum Gasteiger partial charge on any atom is 0.296 e. The van der Waals surface area contributed by atoms with E-state index in [1.807, 2.05) is 37.3 Å². The van der Waals surface area contributed by atoms with Gasteiger partial charge in [-0.2, -0.15) is 4.98 Å². The van der Waals surface area contributed by atoms with Gasteiger partial charge in [-0.3, -0.25) is 9.36 Å². The minimum atomic E-state index is -4.31. The Labute approximate surface area is 189 Å². The second-order valence-electron chi connectivity index (χ2n) is 6.79. The Bertz CT molecular complexity index is 1210. The molecule has 0 aliphatic rings. The number of aromatic hydroxyl groups is 1. The van der Waals surface area contributed by atoms with Crippen LogP contribution in [0.4, 0.5) is 0 Å². The zero-order valence-electron chi connectivity index (χ0n) is 17.2. The van der Waals surface area contributed by atoms with E-state index in [1.165, 1.54) is 16.7 Å². The van der Waals surface area contributed by atoms with Crippen LogP contribution < -0.4 is 5.56 Å². The predicted molar refractivity (Wildman–Crippen MR) is 120 cm³/mol. The van der Waals surface area contributed by atoms with Gasteiger partial charge < -0.3 is 9.84 Å². The average molecular weight is 507 g/mol. The van der Waals surface area contributed by atoms with E-state index in [9.17, 15) is 18.3 Å². The van der Waals surface area contributed by atoms with E-state index in [-0.39, 0.29) is 17.3 Å². The summed E-state index contributed by atoms with van der Waals surface area (Å²) in [5, 5.41) is 11.1. The zero-order valence-corrected chi connectivity index (χ0v) is 19.6. The van der Waals surface area contributed by atoms with Crippen molar-refractivity contribution < 1.29 is 18.3 Å². The van der Waals surface area contributed by atoms with E-state index >= 15 is 0 Å². The van der Waals surface area contributed by atoms with Crippen LogP contribution in [0.1, 0.15) is 37.7 Å². The Morgan fingerprint density at radius 3 is 2.32 bits per heavy atom. The molecule has 0 aliphatic carbocycles. The number of benzene rings is 2. The molecule has 3 aromatic rings. The van der Waals surface area contributed by atoms with E-state index in [0.29, 0.717) is 17.5 Å². The van der Waals surface area contributed by atoms with Crippen molar-refractivity contribution in [1.29, 1.82) is 0 Å². The van der Waals surface area contributed by atoms with Gasteiger partial charge in [0.15, 0.2) is 4.90 Å². The Balaban J connectivity index is 2.28. The molecule has 0 fully saturated rings. The minimum absolute atomic E-state index is 0.0404. The topological polar surface area (TPSA) is 98.5 Å². The zero-order chi connectivity index (χ0) is 22.6. The van der Waals surface area contributed by atoms with Crippen LogP contribution in [0.15, 0.2) is 73.7 Å². The summed E-state index contributed by atoms with van der Waals surface area (Å²) in [5.74, 6) is -0.483. The largest absolute Gasteiger partial charge is 0.493 e. The summed E-state index contributed by atoms with van der Waals surface area (Å²) >= 11 is 3.26. The highest BCUT2D eigenvalue weighted by atomic mass is 79.9. The number of halogens is 1. The maximum atomic E-state index is 13.3. The van der Waals surface area contributed by atoms with Gasteiger partial charge in [-0.15, -0.1) is 0 Å². The standard InChI is InChI=1S/C22H23BrN2O5S/c1-3-18(15-8-6-5-7-9-15)25-19(14-30-4-2)24-21(26)20(22(25)27)31(28,29)17-12-10-16(23)11-13-17/h5-13,18,27H,3-4,14H2,1-2H3/t18-/m0/s1. The lowest BCUT2D eigenvalue weighted by Crippen LogP contribution is -2.28. The molecular weight excluding hydrogens is 484 g/mol. The third-order valence-electron chi connectivity index (χ3n) is 4.84. The SMILES string of the molecule is CCOCc1nc(=O)c(S(=O)(=O)c2ccc(Br)cc2)c(O)n1[C@@H](CC)c1ccccc1. The first-order valence-electron chi connectivity index (χ1n) is 9.79. The highest BCUT2D eigenvalue weighted by Crippen LogP contribution is 2.33. The van der Waals surface area contributed by atoms with E-state index in [2.05, 4.69) is 20.9 Å². The lowest BCUT2D eigenvalue weighted by molar-refractivity contribution is 0.121. The van der Waals surface area contributed by atoms with Gasteiger partial charge in [-0.1, -0.05) is 53.2 Å². The molecule has 0 saturated carbocycles. The molecule has 1 N–H and O–H groups in total. The molecule has 0 unspecified atom stereocenters. The third kappa shape index (κ3) is 4.73. The van der Waals surface area contributed by atoms with Gasteiger partial charge in [0, 0.05) is 11.1 Å². The second kappa shape index (κ2) is 9.76. The van der Waals surface area contributed by atoms with Crippen LogP contribution in [0, 0.1) is 0 Å². The van der Waals surface area contributed by atoms with E-state index in [1.54, 1.807) is 19.1 Å². The van der Waals surface area contributed by atoms with Gasteiger partial charge in [-0.25, -0.2) is 8.42 Å². The monoisotopic (exact) mass is 506 g/mol. The van der Waals surface area contributed by atoms with Crippen LogP contribution in [-0.4, -0.2) is 29.7 Å². The third-order valence-corrected chi connectivity index (χ3v) is 7.16. The van der Waals surface area contributed by atoms with Gasteiger partial charge in [0.05, 0.1) is 10.9 Å². The Morgan fingerprint density at radius 1 is 1.10 bits per heavy atom. The van der Waals surface area contributed by atoms with Crippen molar-refractivity contribution in [1.82, 2.24) is 9.55 Å². The molecule has 1 atom stereocenters. The van der Waals surface area contributed by atoms with Crippen LogP contribution in [0.2, 0.25) is 0 Å². The number of ether oxygens (including phenoxy) is 1. The Kier molecular flexibility index (Phi) is 7.30. The summed E-state index contributed by atoms with van der Waals surface area (Å²) in [7, 11) is -4.31. The van der Waals surface area contributed by atoms with Crippen LogP contribution in [0.3, 0.4) is 0 Å². The normalized spacial score (nSPS) is 12.6. The quantitative estimate of drug-likeness (QED) is 0.494. The molecule has 1 aromatic heterocycles. The fourth-order valence-electron chi connectivity index (χ4n) is 3.38. The van der Waals surface area contributed by atoms with Crippen molar-refractivity contribution in [2.75, 3.05) is 6.61 Å². The Morgan fingerprint density at radius 2 is 1.74 bits per heavy atom. The average Bonchev–Trinajstić information content (AvgIpc) is 2.75. The van der Waals surface area contributed by atoms with Crippen LogP contribution in [0.5, 0.6) is 5.88 Å². The summed E-state index contributed by atoms with van der Waals surface area (Å²) in [6.07, 6.45) is 0.527. The van der Waals surface area contributed by atoms with Crippen LogP contribution in [0.25, 0.3) is 0 Å². The molecule has 3 rings (SSSR count). The number of nitrogens with zero attached hydrogens (tertiary/aromatic N) is 2. The molecule has 1 heterocycles. The molecule has 0 spiro atoms. The van der Waals surface area contributed by atoms with Crippen molar-refractivity contribution in [2.45, 2.75) is 42.7 Å². The van der Waals surface area contributed by atoms with E-state index in [0.717, 1.165) is 5.56 Å². The molecule has 0 radical (unpaired) electrons. The summed E-state index contributed by atoms with van der Waals surface area (Å²) in [6, 6.07) is 14.7. The molecule has 7 nitrogen and oxygen atoms in total. The van der Waals surface area contributed by atoms with Gasteiger partial charge in [0.25, 0.3) is 5.56 Å². The van der Waals surface area contributed by atoms with E-state index < -0.39 is 32.2 Å². The highest BCUT2D eigenvalue weighted by Gasteiger charge is 2.31. The van der Waals surface area contributed by atoms with Crippen molar-refractivity contribution in [3.05, 3.63) is 80.8 Å². The molecule has 0 bridgehead atoms. The minimum Gasteiger partial charge on any atom is -0.493 e. The van der Waals surface area contributed by atoms with Gasteiger partial charge >= 0.3 is 0 Å². The summed E-state index contributed by atoms with van der Waals surface area (Å²) in [6.45, 7) is 4.03. The first-order chi connectivity index (χ1) is 14.8. The molecule has 2 aromatic carbocycles. The fourth-order valence-corrected chi connectivity index (χ4v) is 4.99. The van der Waals surface area contributed by atoms with Gasteiger partial charge in [-0.05, 0) is 43.2 Å². The number of hydrogen-bond donors (Lipinski definition) is 1. The molecular formula is C22H23BrN2O5S. The molecule has 164 valence electrons. The summed E-state index contributed by atoms with van der Waals surface area (Å²) in [5.41, 5.74) is -0.176. The predicted octanol–water partition coefficient (Wildman–Crippen LogP) is 4.08. The number of hydrogen-bond acceptors (Lipinski definition) is 6. The molecule has 0 aliphatic heterocycles. The van der Waals surface area contributed by atoms with Crippen molar-refractivity contribution in [2.24, 2.45) is 0 Å². The smallest absolute Gasteiger partial charge is 0.296 e. The molecule has 31 heavy (non-hydrogen) atoms. The lowest BCUT2D eigenvalue weighted by Gasteiger charge is -2.25. The number of rotatable bonds is 8. The summed E-state index contributed by atoms with van der Waals surface area (Å²) < 4.78 is 34.0. The van der Waals surface area contributed by atoms with E-state index in [4.69, 9.17) is 4.74 Å². The van der Waals surface area contributed by atoms with Crippen LogP contribution >= 0.6 is 15.9 Å². The molecule has 9 heteroatoms. The number of sulfone groups is 1. The van der Waals surface area contributed by atoms with Crippen LogP contribution in [-0.2, 0) is 21.2 Å². The lowest BCUT2D eigenvalue weighted by atomic mass is 10.0. The van der Waals surface area contributed by atoms with Gasteiger partial charge in [0.1, 0.15) is 12.4 Å². The highest BCUT2D eigenvalue weighted by molar-refractivity contribution is 9.10. The maximum absolute atomic E-state index is 13.3. The first-order valence-corrected chi connectivity index (χ1v) is 12.1. The van der Waals surface area contributed by atoms with Crippen molar-refractivity contribution in [3.63, 3.8) is 0 Å². The number of aromatic nitrogens is 2.